The van der Waals surface area contributed by atoms with Crippen LogP contribution < -0.4 is 29.3 Å². The monoisotopic (exact) mass is 585 g/mol. The van der Waals surface area contributed by atoms with Gasteiger partial charge < -0.3 is 19.1 Å². The molecule has 0 unspecified atom stereocenters. The molecule has 0 fully saturated rings. The smallest absolute Gasteiger partial charge is 0.338 e. The molecular weight excluding hydrogens is 558 g/mol. The zero-order valence-corrected chi connectivity index (χ0v) is 23.9. The summed E-state index contributed by atoms with van der Waals surface area (Å²) >= 11 is 4.76. The summed E-state index contributed by atoms with van der Waals surface area (Å²) in [4.78, 5) is 34.0. The van der Waals surface area contributed by atoms with Crippen molar-refractivity contribution in [2.45, 2.75) is 19.9 Å². The van der Waals surface area contributed by atoms with E-state index in [1.165, 1.54) is 11.3 Å². The third-order valence-electron chi connectivity index (χ3n) is 6.03. The molecule has 0 saturated heterocycles. The quantitative estimate of drug-likeness (QED) is 0.394. The Labute approximate surface area is 227 Å². The van der Waals surface area contributed by atoms with Gasteiger partial charge in [0.1, 0.15) is 11.5 Å². The van der Waals surface area contributed by atoms with Gasteiger partial charge in [-0.05, 0) is 59.6 Å². The largest absolute Gasteiger partial charge is 0.496 e. The predicted octanol–water partition coefficient (Wildman–Crippen LogP) is 3.64. The topological polar surface area (TPSA) is 82.4 Å². The van der Waals surface area contributed by atoms with E-state index >= 15 is 0 Å². The van der Waals surface area contributed by atoms with Crippen molar-refractivity contribution >= 4 is 45.0 Å². The summed E-state index contributed by atoms with van der Waals surface area (Å²) in [5, 5.41) is 0. The Balaban J connectivity index is 1.95. The molecule has 2 heterocycles. The number of halogens is 1. The van der Waals surface area contributed by atoms with E-state index in [0.717, 1.165) is 15.7 Å². The number of fused-ring (bicyclic) bond motifs is 1. The summed E-state index contributed by atoms with van der Waals surface area (Å²) < 4.78 is 19.0. The van der Waals surface area contributed by atoms with Crippen LogP contribution in [-0.2, 0) is 9.53 Å². The van der Waals surface area contributed by atoms with Gasteiger partial charge in [-0.1, -0.05) is 23.5 Å². The average Bonchev–Trinajstić information content (AvgIpc) is 3.17. The Morgan fingerprint density at radius 2 is 1.84 bits per heavy atom. The standard InChI is InChI=1S/C27H28BrN3O5S/c1-7-36-26(33)23-15(2)29-27-31(24(23)16-8-10-18(11-9-16)30(3)4)25(32)22(37-27)13-17-12-19(28)21(35-6)14-20(17)34-5/h8-14,24H,7H2,1-6H3/b22-13-/t24-/m1/s1. The first-order chi connectivity index (χ1) is 17.7. The highest BCUT2D eigenvalue weighted by Crippen LogP contribution is 2.34. The summed E-state index contributed by atoms with van der Waals surface area (Å²) in [6.07, 6.45) is 1.77. The molecule has 0 radical (unpaired) electrons. The fourth-order valence-electron chi connectivity index (χ4n) is 4.20. The first-order valence-electron chi connectivity index (χ1n) is 11.6. The van der Waals surface area contributed by atoms with E-state index in [-0.39, 0.29) is 12.2 Å². The molecule has 0 N–H and O–H groups in total. The highest BCUT2D eigenvalue weighted by molar-refractivity contribution is 9.10. The van der Waals surface area contributed by atoms with Gasteiger partial charge in [0.15, 0.2) is 4.80 Å². The number of benzene rings is 2. The van der Waals surface area contributed by atoms with E-state index in [4.69, 9.17) is 14.2 Å². The van der Waals surface area contributed by atoms with Crippen LogP contribution in [0.3, 0.4) is 0 Å². The van der Waals surface area contributed by atoms with Gasteiger partial charge in [0.25, 0.3) is 5.56 Å². The molecule has 194 valence electrons. The van der Waals surface area contributed by atoms with Gasteiger partial charge in [0.05, 0.1) is 47.1 Å². The zero-order chi connectivity index (χ0) is 26.9. The second-order valence-corrected chi connectivity index (χ2v) is 10.4. The molecule has 1 aromatic heterocycles. The van der Waals surface area contributed by atoms with Crippen molar-refractivity contribution in [2.24, 2.45) is 4.99 Å². The Bertz CT molecular complexity index is 1550. The van der Waals surface area contributed by atoms with Crippen LogP contribution in [0.2, 0.25) is 0 Å². The lowest BCUT2D eigenvalue weighted by Crippen LogP contribution is -2.40. The molecule has 3 aromatic rings. The molecule has 8 nitrogen and oxygen atoms in total. The Morgan fingerprint density at radius 3 is 2.43 bits per heavy atom. The molecule has 4 rings (SSSR count). The van der Waals surface area contributed by atoms with Crippen LogP contribution in [0, 0.1) is 0 Å². The minimum atomic E-state index is -0.668. The number of allylic oxidation sites excluding steroid dienone is 1. The van der Waals surface area contributed by atoms with Crippen molar-refractivity contribution in [1.29, 1.82) is 0 Å². The van der Waals surface area contributed by atoms with Gasteiger partial charge in [0, 0.05) is 31.4 Å². The van der Waals surface area contributed by atoms with Crippen molar-refractivity contribution in [1.82, 2.24) is 4.57 Å². The molecule has 0 amide bonds. The molecule has 1 aliphatic heterocycles. The Hall–Kier alpha value is -3.37. The number of aromatic nitrogens is 1. The van der Waals surface area contributed by atoms with E-state index in [2.05, 4.69) is 20.9 Å². The highest BCUT2D eigenvalue weighted by Gasteiger charge is 2.33. The minimum Gasteiger partial charge on any atom is -0.496 e. The number of ether oxygens (including phenoxy) is 3. The molecule has 10 heteroatoms. The molecule has 2 aromatic carbocycles. The van der Waals surface area contributed by atoms with E-state index in [9.17, 15) is 9.59 Å². The number of hydrogen-bond donors (Lipinski definition) is 0. The molecular formula is C27H28BrN3O5S. The summed E-state index contributed by atoms with van der Waals surface area (Å²) in [5.74, 6) is 0.692. The maximum atomic E-state index is 13.8. The van der Waals surface area contributed by atoms with Crippen LogP contribution in [0.4, 0.5) is 5.69 Å². The maximum Gasteiger partial charge on any atom is 0.338 e. The molecule has 0 aliphatic carbocycles. The van der Waals surface area contributed by atoms with Gasteiger partial charge in [0.2, 0.25) is 0 Å². The van der Waals surface area contributed by atoms with Crippen molar-refractivity contribution in [3.8, 4) is 11.5 Å². The van der Waals surface area contributed by atoms with E-state index < -0.39 is 12.0 Å². The molecule has 0 spiro atoms. The predicted molar refractivity (Wildman–Crippen MR) is 148 cm³/mol. The van der Waals surface area contributed by atoms with Gasteiger partial charge in [-0.3, -0.25) is 9.36 Å². The number of methoxy groups -OCH3 is 2. The lowest BCUT2D eigenvalue weighted by Gasteiger charge is -2.25. The van der Waals surface area contributed by atoms with Gasteiger partial charge in [-0.15, -0.1) is 0 Å². The van der Waals surface area contributed by atoms with Crippen molar-refractivity contribution in [3.63, 3.8) is 0 Å². The van der Waals surface area contributed by atoms with Crippen LogP contribution in [0.1, 0.15) is 31.0 Å². The first-order valence-corrected chi connectivity index (χ1v) is 13.2. The van der Waals surface area contributed by atoms with Crippen molar-refractivity contribution in [2.75, 3.05) is 39.8 Å². The third-order valence-corrected chi connectivity index (χ3v) is 7.64. The average molecular weight is 587 g/mol. The third kappa shape index (κ3) is 5.08. The van der Waals surface area contributed by atoms with Crippen LogP contribution in [0.25, 0.3) is 6.08 Å². The number of anilines is 1. The molecule has 1 atom stereocenters. The molecule has 0 bridgehead atoms. The number of carbonyl (C=O) groups is 1. The number of nitrogens with zero attached hydrogens (tertiary/aromatic N) is 3. The lowest BCUT2D eigenvalue weighted by molar-refractivity contribution is -0.139. The fourth-order valence-corrected chi connectivity index (χ4v) is 5.76. The van der Waals surface area contributed by atoms with Crippen LogP contribution in [0.5, 0.6) is 11.5 Å². The number of carbonyl (C=O) groups excluding carboxylic acids is 1. The van der Waals surface area contributed by atoms with Gasteiger partial charge in [-0.25, -0.2) is 9.79 Å². The summed E-state index contributed by atoms with van der Waals surface area (Å²) in [5.41, 5.74) is 3.12. The van der Waals surface area contributed by atoms with E-state index in [0.29, 0.717) is 37.7 Å². The zero-order valence-electron chi connectivity index (χ0n) is 21.5. The van der Waals surface area contributed by atoms with Gasteiger partial charge >= 0.3 is 5.97 Å². The number of esters is 1. The second-order valence-electron chi connectivity index (χ2n) is 8.52. The van der Waals surface area contributed by atoms with Crippen molar-refractivity contribution in [3.05, 3.63) is 83.0 Å². The minimum absolute atomic E-state index is 0.221. The molecule has 37 heavy (non-hydrogen) atoms. The lowest BCUT2D eigenvalue weighted by atomic mass is 9.95. The van der Waals surface area contributed by atoms with Crippen LogP contribution in [0.15, 0.2) is 61.9 Å². The number of hydrogen-bond acceptors (Lipinski definition) is 8. The van der Waals surface area contributed by atoms with E-state index in [1.807, 2.05) is 49.3 Å². The number of thiazole rings is 1. The molecule has 0 saturated carbocycles. The number of rotatable bonds is 7. The Kier molecular flexibility index (Phi) is 7.89. The normalized spacial score (nSPS) is 15.2. The SMILES string of the molecule is CCOC(=O)C1=C(C)N=c2s/c(=C\c3cc(Br)c(OC)cc3OC)c(=O)n2[C@@H]1c1ccc(N(C)C)cc1. The summed E-state index contributed by atoms with van der Waals surface area (Å²) in [6, 6.07) is 10.7. The summed E-state index contributed by atoms with van der Waals surface area (Å²) in [6.45, 7) is 3.75. The Morgan fingerprint density at radius 1 is 1.16 bits per heavy atom. The van der Waals surface area contributed by atoms with E-state index in [1.54, 1.807) is 44.8 Å². The maximum absolute atomic E-state index is 13.8. The highest BCUT2D eigenvalue weighted by atomic mass is 79.9. The van der Waals surface area contributed by atoms with Gasteiger partial charge in [-0.2, -0.15) is 0 Å². The second kappa shape index (κ2) is 10.9. The summed E-state index contributed by atoms with van der Waals surface area (Å²) in [7, 11) is 7.05. The first kappa shape index (κ1) is 26.7. The fraction of sp³-hybridized carbons (Fsp3) is 0.296. The van der Waals surface area contributed by atoms with Crippen LogP contribution in [-0.4, -0.2) is 45.5 Å². The molecule has 1 aliphatic rings. The van der Waals surface area contributed by atoms with Crippen molar-refractivity contribution < 1.29 is 19.0 Å². The van der Waals surface area contributed by atoms with Crippen LogP contribution >= 0.6 is 27.3 Å².